The monoisotopic (exact) mass is 353 g/mol. The first kappa shape index (κ1) is 14.4. The molecule has 2 heterocycles. The van der Waals surface area contributed by atoms with Crippen molar-refractivity contribution in [3.05, 3.63) is 59.7 Å². The number of carbonyl (C=O) groups is 1. The molecule has 22 heavy (non-hydrogen) atoms. The van der Waals surface area contributed by atoms with Gasteiger partial charge in [0.2, 0.25) is 0 Å². The Bertz CT molecular complexity index is 925. The Kier molecular flexibility index (Phi) is 3.70. The van der Waals surface area contributed by atoms with Crippen molar-refractivity contribution < 1.29 is 9.53 Å². The molecule has 0 aliphatic rings. The molecule has 0 saturated carbocycles. The van der Waals surface area contributed by atoms with E-state index in [9.17, 15) is 4.79 Å². The number of benzene rings is 1. The third-order valence-corrected chi connectivity index (χ3v) is 4.35. The number of nitriles is 1. The van der Waals surface area contributed by atoms with Gasteiger partial charge in [0.05, 0.1) is 0 Å². The van der Waals surface area contributed by atoms with Crippen molar-refractivity contribution in [2.45, 2.75) is 0 Å². The molecule has 0 radical (unpaired) electrons. The Hall–Kier alpha value is -2.57. The summed E-state index contributed by atoms with van der Waals surface area (Å²) in [5.74, 6) is 0.657. The minimum absolute atomic E-state index is 0.226. The second kappa shape index (κ2) is 5.67. The molecule has 0 aliphatic heterocycles. The summed E-state index contributed by atoms with van der Waals surface area (Å²) < 4.78 is 7.92. The number of rotatable bonds is 3. The van der Waals surface area contributed by atoms with Crippen LogP contribution in [0.25, 0.3) is 5.52 Å². The van der Waals surface area contributed by atoms with E-state index in [-0.39, 0.29) is 17.3 Å². The van der Waals surface area contributed by atoms with E-state index in [1.165, 1.54) is 16.9 Å². The zero-order valence-corrected chi connectivity index (χ0v) is 14.2. The molecule has 1 unspecified atom stereocenters. The number of imidazole rings is 1. The van der Waals surface area contributed by atoms with Gasteiger partial charge in [-0.25, -0.2) is 0 Å². The molecular weight excluding hydrogens is 341 g/mol. The molecule has 0 bridgehead atoms. The van der Waals surface area contributed by atoms with Crippen molar-refractivity contribution in [2.24, 2.45) is 0 Å². The number of hydrogen-bond acceptors (Lipinski definition) is 4. The molecule has 6 heteroatoms. The summed E-state index contributed by atoms with van der Waals surface area (Å²) in [5, 5.41) is 9.16. The molecule has 0 saturated heterocycles. The van der Waals surface area contributed by atoms with Crippen molar-refractivity contribution in [3.8, 4) is 11.8 Å². The van der Waals surface area contributed by atoms with Crippen LogP contribution in [0.1, 0.15) is 21.9 Å². The van der Waals surface area contributed by atoms with Gasteiger partial charge in [0.15, 0.2) is 0 Å². The van der Waals surface area contributed by atoms with Crippen LogP contribution in [0.3, 0.4) is 0 Å². The summed E-state index contributed by atoms with van der Waals surface area (Å²) >= 11 is 1.43. The molecule has 3 aromatic rings. The first-order valence-corrected chi connectivity index (χ1v) is 7.72. The average molecular weight is 353 g/mol. The first-order valence-electron chi connectivity index (χ1n) is 6.51. The molecule has 1 atom stereocenters. The van der Waals surface area contributed by atoms with Gasteiger partial charge >= 0.3 is 135 Å². The van der Waals surface area contributed by atoms with E-state index in [0.717, 1.165) is 4.35 Å². The second-order valence-electron chi connectivity index (χ2n) is 4.64. The van der Waals surface area contributed by atoms with Crippen LogP contribution in [0.4, 0.5) is 0 Å². The van der Waals surface area contributed by atoms with E-state index >= 15 is 0 Å². The van der Waals surface area contributed by atoms with Crippen molar-refractivity contribution in [2.75, 3.05) is 7.11 Å². The summed E-state index contributed by atoms with van der Waals surface area (Å²) in [6, 6.07) is 12.7. The average Bonchev–Trinajstić information content (AvgIpc) is 2.93. The molecule has 0 aliphatic carbocycles. The Labute approximate surface area is 135 Å². The summed E-state index contributed by atoms with van der Waals surface area (Å²) in [6.07, 6.45) is 1.73. The molecule has 3 rings (SSSR count). The summed E-state index contributed by atoms with van der Waals surface area (Å²) in [5.41, 5.74) is 1.35. The number of hydrogen-bond donors (Lipinski definition) is 0. The standard InChI is InChI=1S/C16H12AsN3O2/c1-22-14-8-10(5-6-11(14)17)15(21)16-19-12(9-18)13-4-2-3-7-20(13)16/h2-8H,17H2,1H3. The molecule has 0 fully saturated rings. The van der Waals surface area contributed by atoms with Gasteiger partial charge in [-0.05, 0) is 0 Å². The predicted molar refractivity (Wildman–Crippen MR) is 84.5 cm³/mol. The summed E-state index contributed by atoms with van der Waals surface area (Å²) in [6.45, 7) is 0. The molecular formula is C16H12AsN3O2. The van der Waals surface area contributed by atoms with Crippen LogP contribution in [0.5, 0.6) is 5.75 Å². The minimum atomic E-state index is -0.242. The van der Waals surface area contributed by atoms with Gasteiger partial charge in [-0.2, -0.15) is 0 Å². The fourth-order valence-electron chi connectivity index (χ4n) is 2.26. The van der Waals surface area contributed by atoms with Crippen LogP contribution < -0.4 is 9.09 Å². The van der Waals surface area contributed by atoms with Crippen molar-refractivity contribution in [1.29, 1.82) is 5.26 Å². The maximum atomic E-state index is 12.7. The van der Waals surface area contributed by atoms with E-state index in [1.807, 2.05) is 18.2 Å². The molecule has 0 amide bonds. The van der Waals surface area contributed by atoms with E-state index in [0.29, 0.717) is 16.8 Å². The van der Waals surface area contributed by atoms with Crippen molar-refractivity contribution in [3.63, 3.8) is 0 Å². The van der Waals surface area contributed by atoms with Gasteiger partial charge in [0.1, 0.15) is 0 Å². The van der Waals surface area contributed by atoms with Gasteiger partial charge < -0.3 is 0 Å². The second-order valence-corrected chi connectivity index (χ2v) is 5.94. The van der Waals surface area contributed by atoms with Crippen molar-refractivity contribution >= 4 is 32.5 Å². The molecule has 0 N–H and O–H groups in total. The summed E-state index contributed by atoms with van der Waals surface area (Å²) in [7, 11) is 1.57. The number of methoxy groups -OCH3 is 1. The van der Waals surface area contributed by atoms with Crippen LogP contribution in [0.15, 0.2) is 42.6 Å². The molecule has 2 aromatic heterocycles. The normalized spacial score (nSPS) is 10.4. The Morgan fingerprint density at radius 2 is 2.18 bits per heavy atom. The van der Waals surface area contributed by atoms with E-state index in [2.05, 4.69) is 4.98 Å². The molecule has 1 aromatic carbocycles. The number of carbonyl (C=O) groups excluding carboxylic acids is 1. The summed E-state index contributed by atoms with van der Waals surface area (Å²) in [4.78, 5) is 16.9. The fraction of sp³-hybridized carbons (Fsp3) is 0.0625. The van der Waals surface area contributed by atoms with Gasteiger partial charge in [0.25, 0.3) is 0 Å². The Morgan fingerprint density at radius 3 is 2.91 bits per heavy atom. The Morgan fingerprint density at radius 1 is 1.36 bits per heavy atom. The van der Waals surface area contributed by atoms with Gasteiger partial charge in [0, 0.05) is 0 Å². The van der Waals surface area contributed by atoms with Gasteiger partial charge in [-0.1, -0.05) is 0 Å². The SMILES string of the molecule is COc1cc(C(=O)c2nc(C#N)c3ccccn23)ccc1[AsH2]. The third kappa shape index (κ3) is 2.28. The Balaban J connectivity index is 2.16. The van der Waals surface area contributed by atoms with Crippen LogP contribution in [-0.4, -0.2) is 39.1 Å². The zero-order chi connectivity index (χ0) is 15.7. The van der Waals surface area contributed by atoms with E-state index in [4.69, 9.17) is 10.00 Å². The first-order chi connectivity index (χ1) is 10.7. The van der Waals surface area contributed by atoms with Crippen molar-refractivity contribution in [1.82, 2.24) is 9.38 Å². The maximum absolute atomic E-state index is 12.7. The molecule has 5 nitrogen and oxygen atoms in total. The van der Waals surface area contributed by atoms with E-state index in [1.54, 1.807) is 42.0 Å². The quantitative estimate of drug-likeness (QED) is 0.514. The predicted octanol–water partition coefficient (Wildman–Crippen LogP) is 0.704. The number of nitrogens with zero attached hydrogens (tertiary/aromatic N) is 3. The zero-order valence-electron chi connectivity index (χ0n) is 11.8. The van der Waals surface area contributed by atoms with E-state index < -0.39 is 0 Å². The topological polar surface area (TPSA) is 67.4 Å². The number of pyridine rings is 1. The van der Waals surface area contributed by atoms with Crippen LogP contribution in [0, 0.1) is 11.3 Å². The fourth-order valence-corrected chi connectivity index (χ4v) is 2.89. The van der Waals surface area contributed by atoms with Crippen LogP contribution in [0.2, 0.25) is 0 Å². The number of fused-ring (bicyclic) bond motifs is 1. The van der Waals surface area contributed by atoms with Gasteiger partial charge in [-0.3, -0.25) is 0 Å². The van der Waals surface area contributed by atoms with Crippen LogP contribution >= 0.6 is 0 Å². The molecule has 108 valence electrons. The number of aromatic nitrogens is 2. The number of ether oxygens (including phenoxy) is 1. The molecule has 0 spiro atoms. The number of ketones is 1. The van der Waals surface area contributed by atoms with Gasteiger partial charge in [-0.15, -0.1) is 0 Å². The van der Waals surface area contributed by atoms with Crippen LogP contribution in [-0.2, 0) is 0 Å². The third-order valence-electron chi connectivity index (χ3n) is 3.35.